The molecular formula is C8H13NO3. The van der Waals surface area contributed by atoms with Gasteiger partial charge >= 0.3 is 6.09 Å². The Bertz CT molecular complexity index is 191. The first-order valence-corrected chi connectivity index (χ1v) is 3.94. The minimum atomic E-state index is -0.849. The van der Waals surface area contributed by atoms with Crippen molar-refractivity contribution < 1.29 is 14.6 Å². The SMILES string of the molecule is CO/C=C/[C@@H]1CCCN1C(=O)O. The summed E-state index contributed by atoms with van der Waals surface area (Å²) in [4.78, 5) is 12.1. The molecule has 0 aromatic heterocycles. The van der Waals surface area contributed by atoms with Gasteiger partial charge in [0.1, 0.15) is 0 Å². The van der Waals surface area contributed by atoms with Crippen LogP contribution in [0.3, 0.4) is 0 Å². The molecule has 0 saturated carbocycles. The Morgan fingerprint density at radius 2 is 2.50 bits per heavy atom. The molecule has 1 aliphatic heterocycles. The van der Waals surface area contributed by atoms with E-state index in [2.05, 4.69) is 0 Å². The highest BCUT2D eigenvalue weighted by atomic mass is 16.5. The fourth-order valence-corrected chi connectivity index (χ4v) is 1.40. The molecule has 1 saturated heterocycles. The van der Waals surface area contributed by atoms with Crippen molar-refractivity contribution in [3.05, 3.63) is 12.3 Å². The number of rotatable bonds is 2. The smallest absolute Gasteiger partial charge is 0.407 e. The van der Waals surface area contributed by atoms with Crippen LogP contribution in [0.1, 0.15) is 12.8 Å². The van der Waals surface area contributed by atoms with Crippen LogP contribution in [0, 0.1) is 0 Å². The fourth-order valence-electron chi connectivity index (χ4n) is 1.40. The van der Waals surface area contributed by atoms with E-state index in [4.69, 9.17) is 9.84 Å². The Balaban J connectivity index is 2.52. The lowest BCUT2D eigenvalue weighted by atomic mass is 10.2. The van der Waals surface area contributed by atoms with E-state index >= 15 is 0 Å². The minimum Gasteiger partial charge on any atom is -0.505 e. The first-order chi connectivity index (χ1) is 5.75. The molecule has 4 nitrogen and oxygen atoms in total. The molecule has 1 heterocycles. The summed E-state index contributed by atoms with van der Waals surface area (Å²) in [5, 5.41) is 8.73. The van der Waals surface area contributed by atoms with Gasteiger partial charge in [0.2, 0.25) is 0 Å². The van der Waals surface area contributed by atoms with Crippen LogP contribution in [0.4, 0.5) is 4.79 Å². The highest BCUT2D eigenvalue weighted by Crippen LogP contribution is 2.17. The van der Waals surface area contributed by atoms with E-state index in [1.165, 1.54) is 11.2 Å². The summed E-state index contributed by atoms with van der Waals surface area (Å²) < 4.78 is 4.73. The number of amides is 1. The van der Waals surface area contributed by atoms with Crippen LogP contribution in [-0.4, -0.2) is 35.8 Å². The van der Waals surface area contributed by atoms with Crippen molar-refractivity contribution in [3.63, 3.8) is 0 Å². The second-order valence-corrected chi connectivity index (χ2v) is 2.75. The van der Waals surface area contributed by atoms with E-state index in [1.807, 2.05) is 0 Å². The molecule has 0 unspecified atom stereocenters. The topological polar surface area (TPSA) is 49.8 Å². The van der Waals surface area contributed by atoms with Crippen molar-refractivity contribution in [2.75, 3.05) is 13.7 Å². The Labute approximate surface area is 71.4 Å². The van der Waals surface area contributed by atoms with Crippen molar-refractivity contribution >= 4 is 6.09 Å². The molecule has 1 amide bonds. The Morgan fingerprint density at radius 3 is 3.08 bits per heavy atom. The van der Waals surface area contributed by atoms with Gasteiger partial charge in [-0.1, -0.05) is 0 Å². The van der Waals surface area contributed by atoms with E-state index in [0.29, 0.717) is 6.54 Å². The lowest BCUT2D eigenvalue weighted by Crippen LogP contribution is -2.32. The molecule has 0 aromatic carbocycles. The fraction of sp³-hybridized carbons (Fsp3) is 0.625. The number of hydrogen-bond donors (Lipinski definition) is 1. The van der Waals surface area contributed by atoms with E-state index in [-0.39, 0.29) is 6.04 Å². The van der Waals surface area contributed by atoms with Crippen LogP contribution >= 0.6 is 0 Å². The highest BCUT2D eigenvalue weighted by molar-refractivity contribution is 5.66. The summed E-state index contributed by atoms with van der Waals surface area (Å²) in [6.07, 6.45) is 4.29. The second-order valence-electron chi connectivity index (χ2n) is 2.75. The summed E-state index contributed by atoms with van der Waals surface area (Å²) in [5.41, 5.74) is 0. The summed E-state index contributed by atoms with van der Waals surface area (Å²) in [6, 6.07) is 0.00227. The maximum Gasteiger partial charge on any atom is 0.407 e. The lowest BCUT2D eigenvalue weighted by molar-refractivity contribution is 0.147. The minimum absolute atomic E-state index is 0.00227. The first kappa shape index (κ1) is 8.90. The van der Waals surface area contributed by atoms with Crippen molar-refractivity contribution in [1.29, 1.82) is 0 Å². The maximum absolute atomic E-state index is 10.6. The number of carbonyl (C=O) groups is 1. The van der Waals surface area contributed by atoms with Gasteiger partial charge in [0.15, 0.2) is 0 Å². The average Bonchev–Trinajstić information content (AvgIpc) is 2.48. The van der Waals surface area contributed by atoms with E-state index < -0.39 is 6.09 Å². The number of ether oxygens (including phenoxy) is 1. The second kappa shape index (κ2) is 3.99. The van der Waals surface area contributed by atoms with Crippen molar-refractivity contribution in [2.24, 2.45) is 0 Å². The van der Waals surface area contributed by atoms with Crippen molar-refractivity contribution in [3.8, 4) is 0 Å². The van der Waals surface area contributed by atoms with Gasteiger partial charge in [0, 0.05) is 6.54 Å². The number of carboxylic acid groups (broad SMARTS) is 1. The number of methoxy groups -OCH3 is 1. The van der Waals surface area contributed by atoms with E-state index in [0.717, 1.165) is 12.8 Å². The molecule has 0 bridgehead atoms. The summed E-state index contributed by atoms with van der Waals surface area (Å²) in [5.74, 6) is 0. The highest BCUT2D eigenvalue weighted by Gasteiger charge is 2.26. The number of hydrogen-bond acceptors (Lipinski definition) is 2. The van der Waals surface area contributed by atoms with Gasteiger partial charge in [-0.3, -0.25) is 0 Å². The average molecular weight is 171 g/mol. The standard InChI is InChI=1S/C8H13NO3/c1-12-6-4-7-3-2-5-9(7)8(10)11/h4,6-7H,2-3,5H2,1H3,(H,10,11)/b6-4+/t7-/m0/s1. The molecule has 68 valence electrons. The van der Waals surface area contributed by atoms with Crippen LogP contribution in [0.15, 0.2) is 12.3 Å². The third-order valence-corrected chi connectivity index (χ3v) is 1.98. The van der Waals surface area contributed by atoms with E-state index in [9.17, 15) is 4.79 Å². The molecule has 0 spiro atoms. The monoisotopic (exact) mass is 171 g/mol. The van der Waals surface area contributed by atoms with Gasteiger partial charge in [-0.15, -0.1) is 0 Å². The third kappa shape index (κ3) is 1.90. The molecule has 0 radical (unpaired) electrons. The van der Waals surface area contributed by atoms with Gasteiger partial charge in [0.25, 0.3) is 0 Å². The van der Waals surface area contributed by atoms with Crippen LogP contribution in [0.25, 0.3) is 0 Å². The molecule has 12 heavy (non-hydrogen) atoms. The zero-order valence-corrected chi connectivity index (χ0v) is 7.06. The summed E-state index contributed by atoms with van der Waals surface area (Å²) in [7, 11) is 1.55. The molecule has 1 aliphatic rings. The Kier molecular flexibility index (Phi) is 2.96. The normalized spacial score (nSPS) is 23.4. The quantitative estimate of drug-likeness (QED) is 0.637. The molecule has 0 aromatic rings. The van der Waals surface area contributed by atoms with Gasteiger partial charge < -0.3 is 14.7 Å². The van der Waals surface area contributed by atoms with Crippen LogP contribution < -0.4 is 0 Å². The summed E-state index contributed by atoms with van der Waals surface area (Å²) in [6.45, 7) is 0.633. The van der Waals surface area contributed by atoms with Crippen LogP contribution in [0.5, 0.6) is 0 Å². The largest absolute Gasteiger partial charge is 0.505 e. The molecule has 1 atom stereocenters. The maximum atomic E-state index is 10.6. The van der Waals surface area contributed by atoms with Crippen molar-refractivity contribution in [2.45, 2.75) is 18.9 Å². The number of likely N-dealkylation sites (tertiary alicyclic amines) is 1. The van der Waals surface area contributed by atoms with Gasteiger partial charge in [0.05, 0.1) is 19.4 Å². The molecule has 4 heteroatoms. The van der Waals surface area contributed by atoms with Gasteiger partial charge in [-0.25, -0.2) is 4.79 Å². The molecular weight excluding hydrogens is 158 g/mol. The third-order valence-electron chi connectivity index (χ3n) is 1.98. The molecule has 0 aliphatic carbocycles. The zero-order valence-electron chi connectivity index (χ0n) is 7.06. The van der Waals surface area contributed by atoms with Gasteiger partial charge in [-0.2, -0.15) is 0 Å². The van der Waals surface area contributed by atoms with Crippen LogP contribution in [0.2, 0.25) is 0 Å². The Hall–Kier alpha value is -1.19. The predicted octanol–water partition coefficient (Wildman–Crippen LogP) is 1.29. The lowest BCUT2D eigenvalue weighted by Gasteiger charge is -2.17. The zero-order chi connectivity index (χ0) is 8.97. The number of nitrogens with zero attached hydrogens (tertiary/aromatic N) is 1. The van der Waals surface area contributed by atoms with E-state index in [1.54, 1.807) is 13.2 Å². The first-order valence-electron chi connectivity index (χ1n) is 3.94. The van der Waals surface area contributed by atoms with Gasteiger partial charge in [-0.05, 0) is 18.9 Å². The van der Waals surface area contributed by atoms with Crippen LogP contribution in [-0.2, 0) is 4.74 Å². The summed E-state index contributed by atoms with van der Waals surface area (Å²) >= 11 is 0. The molecule has 1 N–H and O–H groups in total. The van der Waals surface area contributed by atoms with Crippen molar-refractivity contribution in [1.82, 2.24) is 4.90 Å². The Morgan fingerprint density at radius 1 is 1.75 bits per heavy atom. The molecule has 1 fully saturated rings. The predicted molar refractivity (Wildman–Crippen MR) is 43.9 cm³/mol. The molecule has 1 rings (SSSR count).